The molecule has 8 nitrogen and oxygen atoms in total. The third kappa shape index (κ3) is 10.2. The molecule has 0 atom stereocenters. The average molecular weight is 625 g/mol. The van der Waals surface area contributed by atoms with Crippen molar-refractivity contribution in [2.75, 3.05) is 49.2 Å². The number of rotatable bonds is 14. The first kappa shape index (κ1) is 32.1. The van der Waals surface area contributed by atoms with Crippen LogP contribution in [-0.2, 0) is 42.4 Å². The molecule has 2 aliphatic rings. The van der Waals surface area contributed by atoms with E-state index in [1.807, 2.05) is 0 Å². The van der Waals surface area contributed by atoms with E-state index >= 15 is 0 Å². The van der Waals surface area contributed by atoms with E-state index in [0.717, 1.165) is 63.0 Å². The van der Waals surface area contributed by atoms with Gasteiger partial charge in [0.1, 0.15) is 0 Å². The van der Waals surface area contributed by atoms with E-state index in [1.165, 1.54) is 0 Å². The average Bonchev–Trinajstić information content (AvgIpc) is 2.99. The fourth-order valence-corrected chi connectivity index (χ4v) is 9.75. The van der Waals surface area contributed by atoms with E-state index in [4.69, 9.17) is 0 Å². The van der Waals surface area contributed by atoms with Gasteiger partial charge in [-0.15, -0.1) is 0 Å². The molecule has 4 rings (SSSR count). The standard InChI is InChI=1S/C30H44N2O6S3/c33-39(34,21-13-25-1-5-29(6-2-25)40(35,36)23-15-27-9-17-31-18-10-27)22-14-26-3-7-30(8-4-26)41(37,38)24-16-28-11-19-32-20-12-28/h1-8,27-28,31-32H,9-24H2. The van der Waals surface area contributed by atoms with Crippen molar-refractivity contribution in [2.45, 2.75) is 61.2 Å². The largest absolute Gasteiger partial charge is 0.317 e. The Kier molecular flexibility index (Phi) is 11.4. The summed E-state index contributed by atoms with van der Waals surface area (Å²) in [7, 11) is -10.1. The maximum atomic E-state index is 12.8. The normalized spacial score (nSPS) is 18.0. The Morgan fingerprint density at radius 1 is 0.512 bits per heavy atom. The molecule has 2 fully saturated rings. The Morgan fingerprint density at radius 2 is 0.854 bits per heavy atom. The van der Waals surface area contributed by atoms with Crippen LogP contribution in [0.15, 0.2) is 58.3 Å². The lowest BCUT2D eigenvalue weighted by molar-refractivity contribution is 0.365. The Balaban J connectivity index is 1.22. The van der Waals surface area contributed by atoms with Crippen molar-refractivity contribution in [3.05, 3.63) is 59.7 Å². The van der Waals surface area contributed by atoms with Gasteiger partial charge in [-0.1, -0.05) is 24.3 Å². The topological polar surface area (TPSA) is 126 Å². The molecule has 0 unspecified atom stereocenters. The van der Waals surface area contributed by atoms with Crippen LogP contribution in [0.1, 0.15) is 49.7 Å². The van der Waals surface area contributed by atoms with E-state index in [0.29, 0.717) is 37.5 Å². The summed E-state index contributed by atoms with van der Waals surface area (Å²) in [5.74, 6) is 1.09. The summed E-state index contributed by atoms with van der Waals surface area (Å²) in [5, 5.41) is 6.59. The molecule has 2 N–H and O–H groups in total. The van der Waals surface area contributed by atoms with Gasteiger partial charge in [-0.2, -0.15) is 0 Å². The van der Waals surface area contributed by atoms with Crippen LogP contribution in [0.25, 0.3) is 0 Å². The molecular formula is C30H44N2O6S3. The van der Waals surface area contributed by atoms with E-state index in [2.05, 4.69) is 10.6 Å². The van der Waals surface area contributed by atoms with Gasteiger partial charge in [0.05, 0.1) is 32.8 Å². The molecule has 2 aliphatic heterocycles. The van der Waals surface area contributed by atoms with Gasteiger partial charge < -0.3 is 10.6 Å². The van der Waals surface area contributed by atoms with E-state index in [-0.39, 0.29) is 32.8 Å². The molecule has 0 aromatic heterocycles. The van der Waals surface area contributed by atoms with Crippen molar-refractivity contribution in [1.29, 1.82) is 0 Å². The highest BCUT2D eigenvalue weighted by molar-refractivity contribution is 7.92. The minimum atomic E-state index is -3.36. The van der Waals surface area contributed by atoms with Crippen molar-refractivity contribution < 1.29 is 25.3 Å². The summed E-state index contributed by atoms with van der Waals surface area (Å²) >= 11 is 0. The monoisotopic (exact) mass is 624 g/mol. The van der Waals surface area contributed by atoms with E-state index in [1.54, 1.807) is 48.5 Å². The van der Waals surface area contributed by atoms with Crippen LogP contribution in [-0.4, -0.2) is 74.4 Å². The molecule has 2 saturated heterocycles. The quantitative estimate of drug-likeness (QED) is 0.328. The highest BCUT2D eigenvalue weighted by Crippen LogP contribution is 2.22. The molecule has 2 aromatic rings. The van der Waals surface area contributed by atoms with Gasteiger partial charge in [0.2, 0.25) is 0 Å². The molecule has 0 radical (unpaired) electrons. The lowest BCUT2D eigenvalue weighted by Gasteiger charge is -2.22. The van der Waals surface area contributed by atoms with Crippen LogP contribution >= 0.6 is 0 Å². The maximum absolute atomic E-state index is 12.8. The fraction of sp³-hybridized carbons (Fsp3) is 0.600. The van der Waals surface area contributed by atoms with Crippen molar-refractivity contribution >= 4 is 29.5 Å². The first-order valence-electron chi connectivity index (χ1n) is 14.8. The van der Waals surface area contributed by atoms with Crippen molar-refractivity contribution in [3.63, 3.8) is 0 Å². The second kappa shape index (κ2) is 14.6. The minimum absolute atomic E-state index is 0.0298. The van der Waals surface area contributed by atoms with Crippen molar-refractivity contribution in [1.82, 2.24) is 10.6 Å². The summed E-state index contributed by atoms with van der Waals surface area (Å²) in [6, 6.07) is 13.2. The first-order valence-corrected chi connectivity index (χ1v) is 19.9. The Morgan fingerprint density at radius 3 is 1.20 bits per heavy atom. The number of piperidine rings is 2. The second-order valence-corrected chi connectivity index (χ2v) is 18.1. The van der Waals surface area contributed by atoms with Crippen LogP contribution in [0, 0.1) is 11.8 Å². The molecule has 0 spiro atoms. The lowest BCUT2D eigenvalue weighted by Crippen LogP contribution is -2.28. The highest BCUT2D eigenvalue weighted by Gasteiger charge is 2.21. The molecule has 0 bridgehead atoms. The van der Waals surface area contributed by atoms with Gasteiger partial charge in [0.25, 0.3) is 0 Å². The van der Waals surface area contributed by atoms with Crippen LogP contribution in [0.2, 0.25) is 0 Å². The molecule has 11 heteroatoms. The Bertz CT molecular complexity index is 1320. The molecule has 0 amide bonds. The highest BCUT2D eigenvalue weighted by atomic mass is 32.2. The Labute approximate surface area is 246 Å². The number of hydrogen-bond donors (Lipinski definition) is 2. The zero-order chi connectivity index (χ0) is 29.3. The molecule has 228 valence electrons. The van der Waals surface area contributed by atoms with Gasteiger partial charge in [0, 0.05) is 0 Å². The zero-order valence-electron chi connectivity index (χ0n) is 23.8. The summed E-state index contributed by atoms with van der Waals surface area (Å²) in [5.41, 5.74) is 1.56. The van der Waals surface area contributed by atoms with Crippen LogP contribution in [0.4, 0.5) is 0 Å². The number of aryl methyl sites for hydroxylation is 2. The molecule has 2 heterocycles. The summed E-state index contributed by atoms with van der Waals surface area (Å²) in [4.78, 5) is 0.574. The smallest absolute Gasteiger partial charge is 0.178 e. The maximum Gasteiger partial charge on any atom is 0.178 e. The molecule has 0 aliphatic carbocycles. The van der Waals surface area contributed by atoms with Crippen LogP contribution in [0.5, 0.6) is 0 Å². The summed E-state index contributed by atoms with van der Waals surface area (Å²) in [6.45, 7) is 3.77. The SMILES string of the molecule is O=S(=O)(CCc1ccc(S(=O)(=O)CCC2CCNCC2)cc1)CCc1ccc(S(=O)(=O)CCC2CCNCC2)cc1. The van der Waals surface area contributed by atoms with E-state index < -0.39 is 29.5 Å². The predicted molar refractivity (Wildman–Crippen MR) is 163 cm³/mol. The number of sulfone groups is 3. The molecule has 2 aromatic carbocycles. The molecule has 0 saturated carbocycles. The summed E-state index contributed by atoms with van der Waals surface area (Å²) < 4.78 is 76.4. The van der Waals surface area contributed by atoms with Crippen molar-refractivity contribution in [3.8, 4) is 0 Å². The van der Waals surface area contributed by atoms with Gasteiger partial charge >= 0.3 is 0 Å². The summed E-state index contributed by atoms with van der Waals surface area (Å²) in [6.07, 6.45) is 5.99. The molecular weight excluding hydrogens is 581 g/mol. The Hall–Kier alpha value is -1.79. The lowest BCUT2D eigenvalue weighted by atomic mass is 9.96. The third-order valence-corrected chi connectivity index (χ3v) is 13.7. The third-order valence-electron chi connectivity index (χ3n) is 8.48. The fourth-order valence-electron chi connectivity index (χ4n) is 5.60. The number of nitrogens with one attached hydrogen (secondary N) is 2. The first-order chi connectivity index (χ1) is 19.5. The second-order valence-electron chi connectivity index (χ2n) is 11.5. The minimum Gasteiger partial charge on any atom is -0.317 e. The van der Waals surface area contributed by atoms with Crippen LogP contribution < -0.4 is 10.6 Å². The van der Waals surface area contributed by atoms with Crippen molar-refractivity contribution in [2.24, 2.45) is 11.8 Å². The van der Waals surface area contributed by atoms with Crippen LogP contribution in [0.3, 0.4) is 0 Å². The number of benzene rings is 2. The zero-order valence-corrected chi connectivity index (χ0v) is 26.2. The van der Waals surface area contributed by atoms with Gasteiger partial charge in [-0.25, -0.2) is 25.3 Å². The van der Waals surface area contributed by atoms with E-state index in [9.17, 15) is 25.3 Å². The van der Waals surface area contributed by atoms with Gasteiger partial charge in [-0.3, -0.25) is 0 Å². The predicted octanol–water partition coefficient (Wildman–Crippen LogP) is 3.21. The van der Waals surface area contributed by atoms with Gasteiger partial charge in [0.15, 0.2) is 29.5 Å². The van der Waals surface area contributed by atoms with Gasteiger partial charge in [-0.05, 0) is 125 Å². The molecule has 41 heavy (non-hydrogen) atoms. The number of hydrogen-bond acceptors (Lipinski definition) is 8.